The molecule has 0 fully saturated rings. The second-order valence-electron chi connectivity index (χ2n) is 9.03. The largest absolute Gasteiger partial charge is 0.457 e. The van der Waals surface area contributed by atoms with Gasteiger partial charge in [0.2, 0.25) is 0 Å². The summed E-state index contributed by atoms with van der Waals surface area (Å²) in [6.45, 7) is 0. The molecule has 1 heterocycles. The summed E-state index contributed by atoms with van der Waals surface area (Å²) >= 11 is 0. The van der Waals surface area contributed by atoms with Crippen LogP contribution in [0.3, 0.4) is 0 Å². The topological polar surface area (TPSA) is 96.8 Å². The van der Waals surface area contributed by atoms with Crippen LogP contribution in [0.2, 0.25) is 0 Å². The van der Waals surface area contributed by atoms with Gasteiger partial charge in [-0.1, -0.05) is 42.5 Å². The highest BCUT2D eigenvalue weighted by Gasteiger charge is 2.52. The Morgan fingerprint density at radius 3 is 1.37 bits per heavy atom. The molecule has 0 unspecified atom stereocenters. The van der Waals surface area contributed by atoms with Crippen LogP contribution in [0.4, 0.5) is 11.4 Å². The van der Waals surface area contributed by atoms with E-state index in [0.29, 0.717) is 40.1 Å². The lowest BCUT2D eigenvalue weighted by molar-refractivity contribution is -0.135. The predicted molar refractivity (Wildman–Crippen MR) is 147 cm³/mol. The van der Waals surface area contributed by atoms with Gasteiger partial charge in [0.1, 0.15) is 34.2 Å². The minimum atomic E-state index is -1.14. The van der Waals surface area contributed by atoms with Gasteiger partial charge < -0.3 is 25.7 Å². The highest BCUT2D eigenvalue weighted by molar-refractivity contribution is 5.98. The Balaban J connectivity index is 1.38. The number of para-hydroxylation sites is 1. The van der Waals surface area contributed by atoms with Gasteiger partial charge in [-0.25, -0.2) is 4.79 Å². The molecule has 5 aromatic rings. The summed E-state index contributed by atoms with van der Waals surface area (Å²) in [5.41, 5.74) is 14.1. The fraction of sp³-hybridized carbons (Fsp3) is 0.0312. The third-order valence-electron chi connectivity index (χ3n) is 6.61. The average molecular weight is 501 g/mol. The fourth-order valence-electron chi connectivity index (χ4n) is 4.76. The molecule has 1 aliphatic rings. The average Bonchev–Trinajstić information content (AvgIpc) is 3.24. The fourth-order valence-corrected chi connectivity index (χ4v) is 4.76. The number of esters is 1. The molecule has 186 valence electrons. The van der Waals surface area contributed by atoms with Crippen molar-refractivity contribution >= 4 is 17.3 Å². The van der Waals surface area contributed by atoms with Gasteiger partial charge in [0.05, 0.1) is 0 Å². The van der Waals surface area contributed by atoms with Gasteiger partial charge in [-0.15, -0.1) is 0 Å². The van der Waals surface area contributed by atoms with E-state index in [0.717, 1.165) is 16.7 Å². The summed E-state index contributed by atoms with van der Waals surface area (Å²) in [6, 6.07) is 36.9. The highest BCUT2D eigenvalue weighted by Crippen LogP contribution is 2.49. The van der Waals surface area contributed by atoms with Crippen LogP contribution in [0.25, 0.3) is 0 Å². The first-order valence-corrected chi connectivity index (χ1v) is 12.1. The second kappa shape index (κ2) is 9.33. The number of carbonyl (C=O) groups excluding carboxylic acids is 1. The van der Waals surface area contributed by atoms with Crippen LogP contribution in [-0.4, -0.2) is 5.97 Å². The maximum Gasteiger partial charge on any atom is 0.331 e. The maximum absolute atomic E-state index is 13.7. The third kappa shape index (κ3) is 4.08. The molecular weight excluding hydrogens is 476 g/mol. The standard InChI is InChI=1S/C32H24N2O4/c33-23-9-17-27(18-10-23)36-25-13-5-21(6-14-25)32(29-3-1-2-4-30(29)38-31(32)35)22-7-15-26(16-8-22)37-28-19-11-24(34)12-20-28/h1-20H,33-34H2. The Hall–Kier alpha value is -5.23. The Morgan fingerprint density at radius 2 is 0.921 bits per heavy atom. The van der Waals surface area contributed by atoms with E-state index < -0.39 is 5.41 Å². The van der Waals surface area contributed by atoms with Crippen molar-refractivity contribution in [3.63, 3.8) is 0 Å². The summed E-state index contributed by atoms with van der Waals surface area (Å²) < 4.78 is 17.7. The van der Waals surface area contributed by atoms with E-state index in [1.807, 2.05) is 97.1 Å². The zero-order chi connectivity index (χ0) is 26.1. The number of benzene rings is 5. The van der Waals surface area contributed by atoms with Crippen LogP contribution in [0.5, 0.6) is 28.7 Å². The molecule has 0 saturated heterocycles. The van der Waals surface area contributed by atoms with E-state index in [2.05, 4.69) is 0 Å². The van der Waals surface area contributed by atoms with Crippen molar-refractivity contribution in [2.24, 2.45) is 0 Å². The van der Waals surface area contributed by atoms with Gasteiger partial charge in [0.15, 0.2) is 0 Å². The number of anilines is 2. The molecule has 38 heavy (non-hydrogen) atoms. The first kappa shape index (κ1) is 23.2. The number of rotatable bonds is 6. The molecule has 6 heteroatoms. The van der Waals surface area contributed by atoms with Gasteiger partial charge in [-0.2, -0.15) is 0 Å². The molecule has 0 atom stereocenters. The SMILES string of the molecule is Nc1ccc(Oc2ccc(C3(c4ccc(Oc5ccc(N)cc5)cc4)C(=O)Oc4ccccc43)cc2)cc1. The molecule has 0 aromatic heterocycles. The lowest BCUT2D eigenvalue weighted by Crippen LogP contribution is -2.36. The van der Waals surface area contributed by atoms with E-state index >= 15 is 0 Å². The number of hydrogen-bond donors (Lipinski definition) is 2. The van der Waals surface area contributed by atoms with Crippen molar-refractivity contribution in [1.29, 1.82) is 0 Å². The number of nitrogens with two attached hydrogens (primary N) is 2. The molecular formula is C32H24N2O4. The molecule has 6 rings (SSSR count). The highest BCUT2D eigenvalue weighted by atomic mass is 16.5. The Morgan fingerprint density at radius 1 is 0.526 bits per heavy atom. The monoisotopic (exact) mass is 500 g/mol. The smallest absolute Gasteiger partial charge is 0.331 e. The summed E-state index contributed by atoms with van der Waals surface area (Å²) in [6.07, 6.45) is 0. The van der Waals surface area contributed by atoms with Crippen molar-refractivity contribution in [3.8, 4) is 28.7 Å². The van der Waals surface area contributed by atoms with Crippen LogP contribution in [0.1, 0.15) is 16.7 Å². The van der Waals surface area contributed by atoms with Gasteiger partial charge >= 0.3 is 5.97 Å². The lowest BCUT2D eigenvalue weighted by Gasteiger charge is -2.27. The van der Waals surface area contributed by atoms with Crippen molar-refractivity contribution in [2.45, 2.75) is 5.41 Å². The van der Waals surface area contributed by atoms with E-state index in [9.17, 15) is 4.79 Å². The number of hydrogen-bond acceptors (Lipinski definition) is 6. The molecule has 6 nitrogen and oxygen atoms in total. The lowest BCUT2D eigenvalue weighted by atomic mass is 9.70. The molecule has 5 aromatic carbocycles. The summed E-state index contributed by atoms with van der Waals surface area (Å²) in [5.74, 6) is 2.80. The predicted octanol–water partition coefficient (Wildman–Crippen LogP) is 6.69. The van der Waals surface area contributed by atoms with Crippen molar-refractivity contribution < 1.29 is 19.0 Å². The van der Waals surface area contributed by atoms with Crippen LogP contribution >= 0.6 is 0 Å². The van der Waals surface area contributed by atoms with E-state index in [-0.39, 0.29) is 5.97 Å². The van der Waals surface area contributed by atoms with Crippen molar-refractivity contribution in [3.05, 3.63) is 138 Å². The van der Waals surface area contributed by atoms with E-state index in [1.54, 1.807) is 24.3 Å². The quantitative estimate of drug-likeness (QED) is 0.153. The first-order chi connectivity index (χ1) is 18.5. The molecule has 0 aliphatic carbocycles. The van der Waals surface area contributed by atoms with Crippen LogP contribution in [0, 0.1) is 0 Å². The normalized spacial score (nSPS) is 13.4. The molecule has 0 saturated carbocycles. The van der Waals surface area contributed by atoms with Crippen LogP contribution < -0.4 is 25.7 Å². The van der Waals surface area contributed by atoms with Crippen molar-refractivity contribution in [1.82, 2.24) is 0 Å². The van der Waals surface area contributed by atoms with E-state index in [4.69, 9.17) is 25.7 Å². The number of ether oxygens (including phenoxy) is 3. The third-order valence-corrected chi connectivity index (χ3v) is 6.61. The van der Waals surface area contributed by atoms with Gasteiger partial charge in [-0.3, -0.25) is 0 Å². The summed E-state index contributed by atoms with van der Waals surface area (Å²) in [5, 5.41) is 0. The van der Waals surface area contributed by atoms with Gasteiger partial charge in [-0.05, 0) is 90.0 Å². The maximum atomic E-state index is 13.7. The summed E-state index contributed by atoms with van der Waals surface area (Å²) in [4.78, 5) is 13.7. The molecule has 1 aliphatic heterocycles. The van der Waals surface area contributed by atoms with E-state index in [1.165, 1.54) is 0 Å². The van der Waals surface area contributed by atoms with Gasteiger partial charge in [0, 0.05) is 16.9 Å². The van der Waals surface area contributed by atoms with Crippen LogP contribution in [-0.2, 0) is 10.2 Å². The van der Waals surface area contributed by atoms with Gasteiger partial charge in [0.25, 0.3) is 0 Å². The molecule has 0 amide bonds. The minimum Gasteiger partial charge on any atom is -0.457 e. The van der Waals surface area contributed by atoms with Crippen molar-refractivity contribution in [2.75, 3.05) is 11.5 Å². The zero-order valence-corrected chi connectivity index (χ0v) is 20.3. The molecule has 4 N–H and O–H groups in total. The number of nitrogen functional groups attached to an aromatic ring is 2. The number of carbonyl (C=O) groups is 1. The Bertz CT molecular complexity index is 1500. The zero-order valence-electron chi connectivity index (χ0n) is 20.3. The van der Waals surface area contributed by atoms with Crippen LogP contribution in [0.15, 0.2) is 121 Å². The molecule has 0 bridgehead atoms. The minimum absolute atomic E-state index is 0.363. The number of fused-ring (bicyclic) bond motifs is 1. The molecule has 0 spiro atoms. The molecule has 0 radical (unpaired) electrons. The second-order valence-corrected chi connectivity index (χ2v) is 9.03. The first-order valence-electron chi connectivity index (χ1n) is 12.1. The summed E-state index contributed by atoms with van der Waals surface area (Å²) in [7, 11) is 0. The Labute approximate surface area is 220 Å². The Kier molecular flexibility index (Phi) is 5.69.